The van der Waals surface area contributed by atoms with Gasteiger partial charge < -0.3 is 5.32 Å². The summed E-state index contributed by atoms with van der Waals surface area (Å²) in [5.74, 6) is 2.49. The molecule has 0 amide bonds. The Morgan fingerprint density at radius 1 is 1.27 bits per heavy atom. The average Bonchev–Trinajstić information content (AvgIpc) is 2.65. The van der Waals surface area contributed by atoms with Crippen LogP contribution in [0.1, 0.15) is 12.0 Å². The van der Waals surface area contributed by atoms with Crippen molar-refractivity contribution in [2.75, 3.05) is 11.5 Å². The lowest BCUT2D eigenvalue weighted by molar-refractivity contribution is 0.558. The molecule has 15 heavy (non-hydrogen) atoms. The summed E-state index contributed by atoms with van der Waals surface area (Å²) in [5.41, 5.74) is 1.16. The summed E-state index contributed by atoms with van der Waals surface area (Å²) in [5, 5.41) is 4.93. The van der Waals surface area contributed by atoms with Gasteiger partial charge in [-0.25, -0.2) is 0 Å². The zero-order valence-electron chi connectivity index (χ0n) is 8.30. The average molecular weight is 262 g/mol. The molecule has 0 radical (unpaired) electrons. The topological polar surface area (TPSA) is 12.0 Å². The Kier molecular flexibility index (Phi) is 4.21. The van der Waals surface area contributed by atoms with Crippen LogP contribution in [0.3, 0.4) is 0 Å². The van der Waals surface area contributed by atoms with Gasteiger partial charge in [-0.1, -0.05) is 23.2 Å². The monoisotopic (exact) mass is 261 g/mol. The van der Waals surface area contributed by atoms with Gasteiger partial charge in [-0.2, -0.15) is 11.8 Å². The van der Waals surface area contributed by atoms with E-state index in [4.69, 9.17) is 23.2 Å². The van der Waals surface area contributed by atoms with E-state index in [-0.39, 0.29) is 0 Å². The molecule has 0 aromatic heterocycles. The molecule has 4 heteroatoms. The smallest absolute Gasteiger partial charge is 0.0424 e. The summed E-state index contributed by atoms with van der Waals surface area (Å²) in [6.07, 6.45) is 1.26. The summed E-state index contributed by atoms with van der Waals surface area (Å²) in [6, 6.07) is 6.33. The van der Waals surface area contributed by atoms with Crippen molar-refractivity contribution in [1.29, 1.82) is 0 Å². The summed E-state index contributed by atoms with van der Waals surface area (Å²) >= 11 is 13.9. The zero-order valence-corrected chi connectivity index (χ0v) is 10.6. The molecule has 0 bridgehead atoms. The number of rotatable bonds is 3. The maximum absolute atomic E-state index is 5.93. The van der Waals surface area contributed by atoms with Crippen LogP contribution >= 0.6 is 35.0 Å². The van der Waals surface area contributed by atoms with Crippen molar-refractivity contribution >= 4 is 35.0 Å². The molecule has 1 fully saturated rings. The van der Waals surface area contributed by atoms with Gasteiger partial charge in [0.1, 0.15) is 0 Å². The Hall–Kier alpha value is 0.110. The third-order valence-corrected chi connectivity index (χ3v) is 4.05. The summed E-state index contributed by atoms with van der Waals surface area (Å²) in [6.45, 7) is 0.853. The number of thioether (sulfide) groups is 1. The van der Waals surface area contributed by atoms with Crippen LogP contribution < -0.4 is 5.32 Å². The Bertz CT molecular complexity index is 317. The maximum Gasteiger partial charge on any atom is 0.0424 e. The van der Waals surface area contributed by atoms with Gasteiger partial charge in [0.05, 0.1) is 0 Å². The second kappa shape index (κ2) is 5.44. The largest absolute Gasteiger partial charge is 0.309 e. The molecule has 82 valence electrons. The highest BCUT2D eigenvalue weighted by atomic mass is 35.5. The molecule has 1 atom stereocenters. The molecule has 0 aliphatic carbocycles. The minimum atomic E-state index is 0.646. The van der Waals surface area contributed by atoms with Gasteiger partial charge in [0.15, 0.2) is 0 Å². The minimum absolute atomic E-state index is 0.646. The fraction of sp³-hybridized carbons (Fsp3) is 0.455. The van der Waals surface area contributed by atoms with Gasteiger partial charge in [0, 0.05) is 28.4 Å². The van der Waals surface area contributed by atoms with Crippen LogP contribution in [0.4, 0.5) is 0 Å². The SMILES string of the molecule is Clc1cc(Cl)cc(CNC2CCSC2)c1. The van der Waals surface area contributed by atoms with Crippen LogP contribution in [0.2, 0.25) is 10.0 Å². The predicted molar refractivity (Wildman–Crippen MR) is 69.0 cm³/mol. The van der Waals surface area contributed by atoms with E-state index in [2.05, 4.69) is 5.32 Å². The van der Waals surface area contributed by atoms with E-state index in [0.717, 1.165) is 12.1 Å². The molecule has 1 nitrogen and oxygen atoms in total. The summed E-state index contributed by atoms with van der Waals surface area (Å²) in [7, 11) is 0. The quantitative estimate of drug-likeness (QED) is 0.893. The highest BCUT2D eigenvalue weighted by Crippen LogP contribution is 2.20. The molecule has 1 heterocycles. The molecule has 1 aromatic rings. The lowest BCUT2D eigenvalue weighted by atomic mass is 10.2. The van der Waals surface area contributed by atoms with Gasteiger partial charge >= 0.3 is 0 Å². The van der Waals surface area contributed by atoms with Gasteiger partial charge in [-0.15, -0.1) is 0 Å². The van der Waals surface area contributed by atoms with Gasteiger partial charge in [0.2, 0.25) is 0 Å². The van der Waals surface area contributed by atoms with E-state index in [0.29, 0.717) is 16.1 Å². The van der Waals surface area contributed by atoms with Crippen LogP contribution in [-0.4, -0.2) is 17.5 Å². The van der Waals surface area contributed by atoms with E-state index in [9.17, 15) is 0 Å². The molecule has 1 aromatic carbocycles. The molecule has 1 aliphatic rings. The number of nitrogens with one attached hydrogen (secondary N) is 1. The lowest BCUT2D eigenvalue weighted by Crippen LogP contribution is -2.27. The van der Waals surface area contributed by atoms with Crippen molar-refractivity contribution in [3.63, 3.8) is 0 Å². The number of halogens is 2. The van der Waals surface area contributed by atoms with Crippen molar-refractivity contribution in [2.45, 2.75) is 19.0 Å². The van der Waals surface area contributed by atoms with Crippen LogP contribution in [0.5, 0.6) is 0 Å². The van der Waals surface area contributed by atoms with Crippen molar-refractivity contribution < 1.29 is 0 Å². The first-order valence-electron chi connectivity index (χ1n) is 5.00. The second-order valence-electron chi connectivity index (χ2n) is 3.72. The first kappa shape index (κ1) is 11.6. The van der Waals surface area contributed by atoms with Crippen LogP contribution in [-0.2, 0) is 6.54 Å². The highest BCUT2D eigenvalue weighted by Gasteiger charge is 2.14. The van der Waals surface area contributed by atoms with Crippen molar-refractivity contribution in [3.05, 3.63) is 33.8 Å². The molecule has 0 spiro atoms. The van der Waals surface area contributed by atoms with Crippen molar-refractivity contribution in [3.8, 4) is 0 Å². The van der Waals surface area contributed by atoms with E-state index in [1.807, 2.05) is 23.9 Å². The third-order valence-electron chi connectivity index (χ3n) is 2.45. The number of hydrogen-bond acceptors (Lipinski definition) is 2. The Morgan fingerprint density at radius 2 is 2.00 bits per heavy atom. The van der Waals surface area contributed by atoms with Crippen molar-refractivity contribution in [1.82, 2.24) is 5.32 Å². The molecule has 1 aliphatic heterocycles. The molecular formula is C11H13Cl2NS. The standard InChI is InChI=1S/C11H13Cl2NS/c12-9-3-8(4-10(13)5-9)6-14-11-1-2-15-7-11/h3-5,11,14H,1-2,6-7H2. The van der Waals surface area contributed by atoms with Gasteiger partial charge in [-0.3, -0.25) is 0 Å². The van der Waals surface area contributed by atoms with E-state index < -0.39 is 0 Å². The minimum Gasteiger partial charge on any atom is -0.309 e. The molecule has 1 N–H and O–H groups in total. The second-order valence-corrected chi connectivity index (χ2v) is 5.74. The van der Waals surface area contributed by atoms with Crippen molar-refractivity contribution in [2.24, 2.45) is 0 Å². The Morgan fingerprint density at radius 3 is 2.60 bits per heavy atom. The fourth-order valence-electron chi connectivity index (χ4n) is 1.67. The fourth-order valence-corrected chi connectivity index (χ4v) is 3.43. The normalized spacial score (nSPS) is 20.8. The first-order chi connectivity index (χ1) is 7.24. The number of hydrogen-bond donors (Lipinski definition) is 1. The Labute approximate surface area is 105 Å². The van der Waals surface area contributed by atoms with Gasteiger partial charge in [0.25, 0.3) is 0 Å². The van der Waals surface area contributed by atoms with E-state index in [1.54, 1.807) is 6.07 Å². The molecular weight excluding hydrogens is 249 g/mol. The summed E-state index contributed by atoms with van der Waals surface area (Å²) in [4.78, 5) is 0. The zero-order chi connectivity index (χ0) is 10.7. The molecule has 0 saturated carbocycles. The van der Waals surface area contributed by atoms with E-state index >= 15 is 0 Å². The number of benzene rings is 1. The lowest BCUT2D eigenvalue weighted by Gasteiger charge is -2.11. The molecule has 1 unspecified atom stereocenters. The third kappa shape index (κ3) is 3.56. The van der Waals surface area contributed by atoms with E-state index in [1.165, 1.54) is 17.9 Å². The maximum atomic E-state index is 5.93. The predicted octanol–water partition coefficient (Wildman–Crippen LogP) is 3.59. The first-order valence-corrected chi connectivity index (χ1v) is 6.91. The van der Waals surface area contributed by atoms with Crippen LogP contribution in [0, 0.1) is 0 Å². The van der Waals surface area contributed by atoms with Crippen LogP contribution in [0.25, 0.3) is 0 Å². The van der Waals surface area contributed by atoms with Gasteiger partial charge in [-0.05, 0) is 35.9 Å². The Balaban J connectivity index is 1.92. The highest BCUT2D eigenvalue weighted by molar-refractivity contribution is 7.99. The van der Waals surface area contributed by atoms with Crippen LogP contribution in [0.15, 0.2) is 18.2 Å². The summed E-state index contributed by atoms with van der Waals surface area (Å²) < 4.78 is 0. The molecule has 1 saturated heterocycles. The molecule has 2 rings (SSSR count).